The molecule has 0 fully saturated rings. The summed E-state index contributed by atoms with van der Waals surface area (Å²) in [4.78, 5) is 4.47. The monoisotopic (exact) mass is 860 g/mol. The molecule has 2 nitrogen and oxygen atoms in total. The van der Waals surface area contributed by atoms with Gasteiger partial charge in [0, 0.05) is 59.7 Å². The van der Waals surface area contributed by atoms with Gasteiger partial charge in [-0.2, -0.15) is 0 Å². The van der Waals surface area contributed by atoms with E-state index in [0.29, 0.717) is 5.39 Å². The third-order valence-corrected chi connectivity index (χ3v) is 13.0. The Bertz CT molecular complexity index is 3530. The maximum atomic E-state index is 15.2. The first-order valence-corrected chi connectivity index (χ1v) is 21.4. The number of hydrogen-bond donors (Lipinski definition) is 0. The van der Waals surface area contributed by atoms with E-state index < -0.39 is 34.6 Å². The van der Waals surface area contributed by atoms with Gasteiger partial charge in [0.2, 0.25) is 5.82 Å². The van der Waals surface area contributed by atoms with Crippen molar-refractivity contribution < 1.29 is 22.0 Å². The van der Waals surface area contributed by atoms with Gasteiger partial charge in [-0.25, -0.2) is 22.0 Å². The molecule has 0 bridgehead atoms. The van der Waals surface area contributed by atoms with Crippen LogP contribution in [-0.4, -0.2) is 0 Å². The van der Waals surface area contributed by atoms with E-state index in [4.69, 9.17) is 0 Å². The molecular weight excluding hydrogens is 828 g/mol. The summed E-state index contributed by atoms with van der Waals surface area (Å²) in [5.74, 6) is -9.89. The second-order valence-electron chi connectivity index (χ2n) is 15.5. The highest BCUT2D eigenvalue weighted by atomic mass is 32.1. The highest BCUT2D eigenvalue weighted by molar-refractivity contribution is 7.27. The SMILES string of the molecule is Fc1c(F)c(F)c(-c2ccc3c4ccc(N(c5ccccc5)c5cccc(N(c6ccccc6)c6ccc(-c7ccccc7)cc6)c5)cc4c4c5ccccc5sc4c3c2)c(F)c1F. The maximum Gasteiger partial charge on any atom is 0.200 e. The Kier molecular flexibility index (Phi) is 9.66. The van der Waals surface area contributed by atoms with Crippen LogP contribution in [0.25, 0.3) is 64.0 Å². The van der Waals surface area contributed by atoms with E-state index in [9.17, 15) is 13.2 Å². The molecule has 0 saturated heterocycles. The van der Waals surface area contributed by atoms with Crippen LogP contribution in [0.15, 0.2) is 200 Å². The summed E-state index contributed by atoms with van der Waals surface area (Å²) >= 11 is 1.52. The molecule has 0 amide bonds. The van der Waals surface area contributed by atoms with Crippen molar-refractivity contribution in [2.45, 2.75) is 0 Å². The second-order valence-corrected chi connectivity index (χ2v) is 16.6. The first-order valence-electron chi connectivity index (χ1n) is 20.6. The largest absolute Gasteiger partial charge is 0.310 e. The zero-order valence-corrected chi connectivity index (χ0v) is 34.6. The molecule has 0 aliphatic carbocycles. The molecule has 0 radical (unpaired) electrons. The second kappa shape index (κ2) is 15.8. The van der Waals surface area contributed by atoms with E-state index in [1.165, 1.54) is 23.5 Å². The van der Waals surface area contributed by atoms with Crippen molar-refractivity contribution in [3.63, 3.8) is 0 Å². The third kappa shape index (κ3) is 6.53. The zero-order chi connectivity index (χ0) is 43.5. The van der Waals surface area contributed by atoms with Crippen LogP contribution in [0.4, 0.5) is 56.1 Å². The normalized spacial score (nSPS) is 11.5. The van der Waals surface area contributed by atoms with Gasteiger partial charge in [-0.15, -0.1) is 11.3 Å². The lowest BCUT2D eigenvalue weighted by Gasteiger charge is -2.29. The van der Waals surface area contributed by atoms with Gasteiger partial charge < -0.3 is 9.80 Å². The van der Waals surface area contributed by atoms with Crippen molar-refractivity contribution in [2.75, 3.05) is 9.80 Å². The van der Waals surface area contributed by atoms with Crippen LogP contribution in [0, 0.1) is 29.1 Å². The summed E-state index contributed by atoms with van der Waals surface area (Å²) in [6.45, 7) is 0. The predicted octanol–water partition coefficient (Wildman–Crippen LogP) is 17.3. The summed E-state index contributed by atoms with van der Waals surface area (Å²) in [6, 6.07) is 66.7. The first-order chi connectivity index (χ1) is 31.3. The summed E-state index contributed by atoms with van der Waals surface area (Å²) in [7, 11) is 0. The number of fused-ring (bicyclic) bond motifs is 8. The van der Waals surface area contributed by atoms with Crippen molar-refractivity contribution in [3.8, 4) is 22.3 Å². The highest BCUT2D eigenvalue weighted by Gasteiger charge is 2.28. The molecule has 0 aliphatic rings. The third-order valence-electron chi connectivity index (χ3n) is 11.8. The lowest BCUT2D eigenvalue weighted by atomic mass is 9.93. The van der Waals surface area contributed by atoms with E-state index in [1.807, 2.05) is 84.9 Å². The molecule has 11 rings (SSSR count). The average Bonchev–Trinajstić information content (AvgIpc) is 3.75. The van der Waals surface area contributed by atoms with Gasteiger partial charge in [-0.1, -0.05) is 121 Å². The van der Waals surface area contributed by atoms with Gasteiger partial charge in [0.05, 0.1) is 5.56 Å². The van der Waals surface area contributed by atoms with E-state index in [0.717, 1.165) is 81.6 Å². The molecule has 0 saturated carbocycles. The summed E-state index contributed by atoms with van der Waals surface area (Å²) in [6.07, 6.45) is 0. The van der Waals surface area contributed by atoms with Gasteiger partial charge in [0.25, 0.3) is 0 Å². The van der Waals surface area contributed by atoms with E-state index in [-0.39, 0.29) is 5.56 Å². The Hall–Kier alpha value is -7.81. The number of halogens is 5. The molecule has 64 heavy (non-hydrogen) atoms. The van der Waals surface area contributed by atoms with Crippen molar-refractivity contribution in [2.24, 2.45) is 0 Å². The van der Waals surface area contributed by atoms with Crippen molar-refractivity contribution in [1.29, 1.82) is 0 Å². The molecule has 308 valence electrons. The molecule has 0 aliphatic heterocycles. The molecule has 1 aromatic heterocycles. The van der Waals surface area contributed by atoms with Gasteiger partial charge in [0.15, 0.2) is 23.3 Å². The maximum absolute atomic E-state index is 15.2. The topological polar surface area (TPSA) is 6.48 Å². The van der Waals surface area contributed by atoms with E-state index >= 15 is 8.78 Å². The van der Waals surface area contributed by atoms with Gasteiger partial charge in [0.1, 0.15) is 0 Å². The number of anilines is 6. The molecular formula is C56H33F5N2S. The van der Waals surface area contributed by atoms with Crippen molar-refractivity contribution >= 4 is 87.2 Å². The smallest absolute Gasteiger partial charge is 0.200 e. The number of thiophene rings is 1. The molecule has 8 heteroatoms. The lowest BCUT2D eigenvalue weighted by Crippen LogP contribution is -2.13. The summed E-state index contributed by atoms with van der Waals surface area (Å²) in [5, 5.41) is 5.15. The molecule has 1 heterocycles. The number of hydrogen-bond acceptors (Lipinski definition) is 3. The Morgan fingerprint density at radius 2 is 0.750 bits per heavy atom. The number of para-hydroxylation sites is 2. The molecule has 11 aromatic rings. The van der Waals surface area contributed by atoms with Crippen LogP contribution < -0.4 is 9.80 Å². The molecule has 10 aromatic carbocycles. The zero-order valence-electron chi connectivity index (χ0n) is 33.7. The number of benzene rings is 10. The van der Waals surface area contributed by atoms with Gasteiger partial charge >= 0.3 is 0 Å². The minimum Gasteiger partial charge on any atom is -0.310 e. The van der Waals surface area contributed by atoms with Crippen molar-refractivity contribution in [1.82, 2.24) is 0 Å². The van der Waals surface area contributed by atoms with Gasteiger partial charge in [-0.3, -0.25) is 0 Å². The molecule has 0 N–H and O–H groups in total. The minimum atomic E-state index is -2.19. The molecule has 0 atom stereocenters. The van der Waals surface area contributed by atoms with Crippen LogP contribution in [0.3, 0.4) is 0 Å². The quantitative estimate of drug-likeness (QED) is 0.0650. The molecule has 0 unspecified atom stereocenters. The summed E-state index contributed by atoms with van der Waals surface area (Å²) < 4.78 is 75.3. The predicted molar refractivity (Wildman–Crippen MR) is 254 cm³/mol. The standard InChI is InChI=1S/C56H33F5N2S/c57-51-49(52(58)54(60)55(61)53(51)59)36-25-29-44-43-30-28-42(33-46(43)50-45-21-10-11-22-48(45)64-56(50)47(44)31-36)63(38-17-8-3-9-18-38)41-20-12-19-40(32-41)62(37-15-6-2-7-16-37)39-26-23-35(24-27-39)34-13-4-1-5-14-34/h1-33H. The van der Waals surface area contributed by atoms with E-state index in [1.54, 1.807) is 6.07 Å². The Morgan fingerprint density at radius 1 is 0.297 bits per heavy atom. The van der Waals surface area contributed by atoms with Gasteiger partial charge in [-0.05, 0) is 112 Å². The van der Waals surface area contributed by atoms with Crippen LogP contribution >= 0.6 is 11.3 Å². The Balaban J connectivity index is 1.10. The Morgan fingerprint density at radius 3 is 1.41 bits per heavy atom. The Labute approximate surface area is 368 Å². The fourth-order valence-corrected chi connectivity index (χ4v) is 10.1. The van der Waals surface area contributed by atoms with Crippen LogP contribution in [0.2, 0.25) is 0 Å². The fourth-order valence-electron chi connectivity index (χ4n) is 8.85. The minimum absolute atomic E-state index is 0.109. The van der Waals surface area contributed by atoms with Crippen molar-refractivity contribution in [3.05, 3.63) is 229 Å². The van der Waals surface area contributed by atoms with E-state index in [2.05, 4.69) is 107 Å². The average molecular weight is 861 g/mol. The molecule has 0 spiro atoms. The van der Waals surface area contributed by atoms with Crippen LogP contribution in [0.1, 0.15) is 0 Å². The first kappa shape index (κ1) is 39.1. The number of rotatable bonds is 8. The van der Waals surface area contributed by atoms with Crippen LogP contribution in [0.5, 0.6) is 0 Å². The van der Waals surface area contributed by atoms with Crippen LogP contribution in [-0.2, 0) is 0 Å². The fraction of sp³-hybridized carbons (Fsp3) is 0. The number of nitrogens with zero attached hydrogens (tertiary/aromatic N) is 2. The highest BCUT2D eigenvalue weighted by Crippen LogP contribution is 2.48. The summed E-state index contributed by atoms with van der Waals surface area (Å²) in [5.41, 5.74) is 6.92. The lowest BCUT2D eigenvalue weighted by molar-refractivity contribution is 0.381.